The van der Waals surface area contributed by atoms with Crippen molar-refractivity contribution >= 4 is 17.9 Å². The maximum Gasteiger partial charge on any atom is 0.337 e. The van der Waals surface area contributed by atoms with Gasteiger partial charge in [-0.05, 0) is 36.1 Å². The van der Waals surface area contributed by atoms with Crippen LogP contribution in [0.1, 0.15) is 33.8 Å². The number of methoxy groups -OCH3 is 1. The van der Waals surface area contributed by atoms with Crippen molar-refractivity contribution in [2.24, 2.45) is 5.41 Å². The lowest BCUT2D eigenvalue weighted by molar-refractivity contribution is -0.344. The van der Waals surface area contributed by atoms with Crippen molar-refractivity contribution in [2.75, 3.05) is 7.11 Å². The summed E-state index contributed by atoms with van der Waals surface area (Å²) in [5.41, 5.74) is -0.745. The first-order valence-electron chi connectivity index (χ1n) is 6.62. The molecular weight excluding hydrogens is 288 g/mol. The van der Waals surface area contributed by atoms with Gasteiger partial charge in [0.05, 0.1) is 30.0 Å². The normalized spacial score (nSPS) is 18.9. The second-order valence-electron chi connectivity index (χ2n) is 5.29. The molecule has 1 aliphatic rings. The van der Waals surface area contributed by atoms with Gasteiger partial charge in [-0.25, -0.2) is 4.79 Å². The molecule has 0 fully saturated rings. The molecule has 6 nitrogen and oxygen atoms in total. The molecule has 1 atom stereocenters. The smallest absolute Gasteiger partial charge is 0.337 e. The topological polar surface area (TPSA) is 107 Å². The molecule has 0 saturated carbocycles. The van der Waals surface area contributed by atoms with E-state index in [1.165, 1.54) is 19.3 Å². The molecule has 116 valence electrons. The number of benzene rings is 1. The SMILES string of the molecule is C=CC1CC(C(=O)[O-])(C(=O)[O-])Cc2cc(C(=O)OC)ccc21. The second kappa shape index (κ2) is 5.63. The average molecular weight is 302 g/mol. The van der Waals surface area contributed by atoms with Gasteiger partial charge in [-0.2, -0.15) is 0 Å². The predicted octanol–water partition coefficient (Wildman–Crippen LogP) is -0.825. The zero-order valence-corrected chi connectivity index (χ0v) is 12.0. The van der Waals surface area contributed by atoms with E-state index in [1.54, 1.807) is 12.1 Å². The van der Waals surface area contributed by atoms with E-state index in [4.69, 9.17) is 0 Å². The maximum atomic E-state index is 11.6. The van der Waals surface area contributed by atoms with Crippen LogP contribution in [0.15, 0.2) is 30.9 Å². The van der Waals surface area contributed by atoms with Crippen LogP contribution in [-0.4, -0.2) is 25.0 Å². The molecule has 0 heterocycles. The second-order valence-corrected chi connectivity index (χ2v) is 5.29. The van der Waals surface area contributed by atoms with Crippen LogP contribution < -0.4 is 10.2 Å². The highest BCUT2D eigenvalue weighted by molar-refractivity contribution is 5.97. The first-order chi connectivity index (χ1) is 10.4. The highest BCUT2D eigenvalue weighted by atomic mass is 16.5. The van der Waals surface area contributed by atoms with Crippen molar-refractivity contribution in [3.63, 3.8) is 0 Å². The maximum absolute atomic E-state index is 11.6. The quantitative estimate of drug-likeness (QED) is 0.408. The standard InChI is InChI=1S/C16H16O6/c1-3-9-7-16(14(18)19,15(20)21)8-11-6-10(13(17)22-2)4-5-12(9)11/h3-6,9H,1,7-8H2,2H3,(H,18,19)(H,20,21)/p-2. The van der Waals surface area contributed by atoms with Crippen molar-refractivity contribution < 1.29 is 29.3 Å². The number of carbonyl (C=O) groups is 3. The van der Waals surface area contributed by atoms with Crippen LogP contribution in [0.4, 0.5) is 0 Å². The fourth-order valence-corrected chi connectivity index (χ4v) is 2.85. The average Bonchev–Trinajstić information content (AvgIpc) is 2.51. The number of hydrogen-bond acceptors (Lipinski definition) is 6. The number of esters is 1. The van der Waals surface area contributed by atoms with Crippen LogP contribution in [0.25, 0.3) is 0 Å². The Morgan fingerprint density at radius 2 is 1.95 bits per heavy atom. The molecule has 2 rings (SSSR count). The van der Waals surface area contributed by atoms with Crippen molar-refractivity contribution in [1.82, 2.24) is 0 Å². The molecule has 1 aliphatic carbocycles. The van der Waals surface area contributed by atoms with Crippen LogP contribution in [0.5, 0.6) is 0 Å². The van der Waals surface area contributed by atoms with Crippen molar-refractivity contribution in [1.29, 1.82) is 0 Å². The first kappa shape index (κ1) is 15.8. The highest BCUT2D eigenvalue weighted by Crippen LogP contribution is 2.43. The minimum Gasteiger partial charge on any atom is -0.549 e. The van der Waals surface area contributed by atoms with Gasteiger partial charge in [-0.1, -0.05) is 12.1 Å². The third-order valence-corrected chi connectivity index (χ3v) is 4.09. The summed E-state index contributed by atoms with van der Waals surface area (Å²) in [4.78, 5) is 34.4. The van der Waals surface area contributed by atoms with E-state index < -0.39 is 29.2 Å². The largest absolute Gasteiger partial charge is 0.549 e. The molecule has 0 spiro atoms. The number of aliphatic carboxylic acids is 2. The molecule has 22 heavy (non-hydrogen) atoms. The van der Waals surface area contributed by atoms with E-state index in [2.05, 4.69) is 11.3 Å². The molecule has 0 bridgehead atoms. The van der Waals surface area contributed by atoms with E-state index in [9.17, 15) is 24.6 Å². The predicted molar refractivity (Wildman–Crippen MR) is 71.5 cm³/mol. The summed E-state index contributed by atoms with van der Waals surface area (Å²) >= 11 is 0. The molecule has 0 aliphatic heterocycles. The van der Waals surface area contributed by atoms with Crippen LogP contribution in [-0.2, 0) is 20.7 Å². The lowest BCUT2D eigenvalue weighted by Crippen LogP contribution is -2.56. The first-order valence-corrected chi connectivity index (χ1v) is 6.62. The summed E-state index contributed by atoms with van der Waals surface area (Å²) in [7, 11) is 1.22. The summed E-state index contributed by atoms with van der Waals surface area (Å²) < 4.78 is 4.61. The Morgan fingerprint density at radius 1 is 1.32 bits per heavy atom. The van der Waals surface area contributed by atoms with E-state index in [0.29, 0.717) is 5.56 Å². The number of carboxylic acids is 2. The molecule has 0 aromatic heterocycles. The van der Waals surface area contributed by atoms with Crippen LogP contribution in [0.3, 0.4) is 0 Å². The van der Waals surface area contributed by atoms with E-state index in [0.717, 1.165) is 5.56 Å². The van der Waals surface area contributed by atoms with Gasteiger partial charge in [0.2, 0.25) is 0 Å². The number of ether oxygens (including phenoxy) is 1. The Kier molecular flexibility index (Phi) is 4.03. The fraction of sp³-hybridized carbons (Fsp3) is 0.312. The van der Waals surface area contributed by atoms with E-state index >= 15 is 0 Å². The van der Waals surface area contributed by atoms with Crippen LogP contribution in [0.2, 0.25) is 0 Å². The Bertz CT molecular complexity index is 647. The van der Waals surface area contributed by atoms with E-state index in [-0.39, 0.29) is 18.4 Å². The zero-order valence-electron chi connectivity index (χ0n) is 12.0. The van der Waals surface area contributed by atoms with Gasteiger partial charge in [0.25, 0.3) is 0 Å². The Balaban J connectivity index is 2.58. The molecule has 0 radical (unpaired) electrons. The Labute approximate surface area is 127 Å². The van der Waals surface area contributed by atoms with Crippen LogP contribution >= 0.6 is 0 Å². The highest BCUT2D eigenvalue weighted by Gasteiger charge is 2.41. The van der Waals surface area contributed by atoms with Crippen molar-refractivity contribution in [2.45, 2.75) is 18.8 Å². The molecule has 0 amide bonds. The number of fused-ring (bicyclic) bond motifs is 1. The van der Waals surface area contributed by atoms with Gasteiger partial charge in [0.15, 0.2) is 0 Å². The number of allylic oxidation sites excluding steroid dienone is 1. The van der Waals surface area contributed by atoms with Crippen LogP contribution in [0, 0.1) is 5.41 Å². The van der Waals surface area contributed by atoms with Gasteiger partial charge < -0.3 is 24.5 Å². The molecule has 1 aromatic rings. The zero-order chi connectivity index (χ0) is 16.5. The van der Waals surface area contributed by atoms with Gasteiger partial charge >= 0.3 is 5.97 Å². The van der Waals surface area contributed by atoms with Crippen molar-refractivity contribution in [3.8, 4) is 0 Å². The van der Waals surface area contributed by atoms with E-state index in [1.807, 2.05) is 0 Å². The summed E-state index contributed by atoms with van der Waals surface area (Å²) in [6, 6.07) is 4.64. The number of hydrogen-bond donors (Lipinski definition) is 0. The number of carboxylic acid groups (broad SMARTS) is 2. The van der Waals surface area contributed by atoms with Gasteiger partial charge in [-0.3, -0.25) is 0 Å². The van der Waals surface area contributed by atoms with Gasteiger partial charge in [0.1, 0.15) is 0 Å². The third-order valence-electron chi connectivity index (χ3n) is 4.09. The van der Waals surface area contributed by atoms with Gasteiger partial charge in [-0.15, -0.1) is 6.58 Å². The summed E-state index contributed by atoms with van der Waals surface area (Å²) in [5, 5.41) is 22.8. The molecular formula is C16H14O6-2. The summed E-state index contributed by atoms with van der Waals surface area (Å²) in [6.07, 6.45) is 0.990. The number of carbonyl (C=O) groups excluding carboxylic acids is 3. The van der Waals surface area contributed by atoms with Crippen molar-refractivity contribution in [3.05, 3.63) is 47.5 Å². The Morgan fingerprint density at radius 3 is 2.45 bits per heavy atom. The minimum absolute atomic E-state index is 0.189. The molecule has 0 N–H and O–H groups in total. The summed E-state index contributed by atoms with van der Waals surface area (Å²) in [6.45, 7) is 3.62. The van der Waals surface area contributed by atoms with Gasteiger partial charge in [0, 0.05) is 5.92 Å². The number of rotatable bonds is 4. The molecule has 1 unspecified atom stereocenters. The molecule has 6 heteroatoms. The third kappa shape index (κ3) is 2.36. The minimum atomic E-state index is -2.14. The Hall–Kier alpha value is -2.63. The fourth-order valence-electron chi connectivity index (χ4n) is 2.85. The molecule has 1 aromatic carbocycles. The molecule has 0 saturated heterocycles. The summed E-state index contributed by atoms with van der Waals surface area (Å²) in [5.74, 6) is -4.47. The lowest BCUT2D eigenvalue weighted by Gasteiger charge is -2.42. The monoisotopic (exact) mass is 302 g/mol. The lowest BCUT2D eigenvalue weighted by atomic mass is 9.66.